The number of benzene rings is 2. The highest BCUT2D eigenvalue weighted by Crippen LogP contribution is 2.39. The van der Waals surface area contributed by atoms with Crippen LogP contribution in [0.1, 0.15) is 43.6 Å². The number of methoxy groups -OCH3 is 1. The van der Waals surface area contributed by atoms with Gasteiger partial charge in [0.05, 0.1) is 18.3 Å². The van der Waals surface area contributed by atoms with Crippen LogP contribution in [0.4, 0.5) is 36.4 Å². The normalized spacial score (nSPS) is 17.1. The van der Waals surface area contributed by atoms with Crippen molar-refractivity contribution in [2.24, 2.45) is 0 Å². The van der Waals surface area contributed by atoms with Gasteiger partial charge in [-0.3, -0.25) is 4.79 Å². The Morgan fingerprint density at radius 1 is 0.941 bits per heavy atom. The minimum atomic E-state index is -5.71. The first-order valence-electron chi connectivity index (χ1n) is 9.80. The minimum absolute atomic E-state index is 0.0746. The lowest BCUT2D eigenvalue weighted by Gasteiger charge is -2.32. The molecule has 0 unspecified atom stereocenters. The molecule has 2 aromatic carbocycles. The van der Waals surface area contributed by atoms with E-state index in [1.807, 2.05) is 0 Å². The van der Waals surface area contributed by atoms with Crippen molar-refractivity contribution in [2.75, 3.05) is 12.4 Å². The number of nitrogens with one attached hydrogen (secondary N) is 1. The molecule has 0 saturated carbocycles. The Morgan fingerprint density at radius 2 is 1.44 bits per heavy atom. The van der Waals surface area contributed by atoms with Gasteiger partial charge in [-0.15, -0.1) is 0 Å². The molecule has 13 heteroatoms. The predicted molar refractivity (Wildman–Crippen MR) is 108 cm³/mol. The van der Waals surface area contributed by atoms with E-state index >= 15 is 0 Å². The molecule has 5 nitrogen and oxygen atoms in total. The molecule has 0 aromatic heterocycles. The minimum Gasteiger partial charge on any atom is -0.497 e. The lowest BCUT2D eigenvalue weighted by Crippen LogP contribution is -2.41. The summed E-state index contributed by atoms with van der Waals surface area (Å²) in [6.45, 7) is 6.92. The number of alkyl halides is 3. The average molecular weight is 493 g/mol. The van der Waals surface area contributed by atoms with Crippen molar-refractivity contribution in [3.8, 4) is 5.75 Å². The third-order valence-electron chi connectivity index (χ3n) is 5.80. The smallest absolute Gasteiger partial charge is 0.495 e. The number of carbonyl (C=O) groups is 1. The first-order valence-corrected chi connectivity index (χ1v) is 9.80. The van der Waals surface area contributed by atoms with Crippen molar-refractivity contribution in [1.82, 2.24) is 0 Å². The largest absolute Gasteiger partial charge is 0.497 e. The molecule has 184 valence electrons. The summed E-state index contributed by atoms with van der Waals surface area (Å²) in [6.07, 6.45) is -5.71. The second-order valence-electron chi connectivity index (χ2n) is 8.50. The summed E-state index contributed by atoms with van der Waals surface area (Å²) in [5, 5.41) is 1.61. The molecular weight excluding hydrogens is 474 g/mol. The Morgan fingerprint density at radius 3 is 1.88 bits per heavy atom. The third kappa shape index (κ3) is 4.34. The van der Waals surface area contributed by atoms with E-state index < -0.39 is 64.9 Å². The lowest BCUT2D eigenvalue weighted by molar-refractivity contribution is -0.143. The van der Waals surface area contributed by atoms with Crippen molar-refractivity contribution in [3.63, 3.8) is 0 Å². The molecule has 1 N–H and O–H groups in total. The molecule has 1 aliphatic heterocycles. The predicted octanol–water partition coefficient (Wildman–Crippen LogP) is 4.82. The van der Waals surface area contributed by atoms with E-state index in [1.54, 1.807) is 33.0 Å². The van der Waals surface area contributed by atoms with Gasteiger partial charge in [0, 0.05) is 5.56 Å². The Kier molecular flexibility index (Phi) is 6.42. The first-order chi connectivity index (χ1) is 15.5. The van der Waals surface area contributed by atoms with E-state index in [0.717, 1.165) is 6.07 Å². The summed E-state index contributed by atoms with van der Waals surface area (Å²) < 4.78 is 112. The summed E-state index contributed by atoms with van der Waals surface area (Å²) in [5.74, 6) is -11.4. The van der Waals surface area contributed by atoms with Crippen molar-refractivity contribution in [3.05, 3.63) is 52.6 Å². The highest BCUT2D eigenvalue weighted by Gasteiger charge is 2.52. The Bertz CT molecular complexity index is 1110. The second kappa shape index (κ2) is 8.45. The fraction of sp³-hybridized carbons (Fsp3) is 0.381. The van der Waals surface area contributed by atoms with Crippen LogP contribution in [0.3, 0.4) is 0 Å². The molecule has 1 heterocycles. The average Bonchev–Trinajstić information content (AvgIpc) is 2.95. The van der Waals surface area contributed by atoms with Gasteiger partial charge in [0.2, 0.25) is 0 Å². The maximum absolute atomic E-state index is 14.3. The second-order valence-corrected chi connectivity index (χ2v) is 8.50. The zero-order valence-corrected chi connectivity index (χ0v) is 18.6. The molecule has 0 aliphatic carbocycles. The highest BCUT2D eigenvalue weighted by molar-refractivity contribution is 6.63. The molecule has 1 amide bonds. The van der Waals surface area contributed by atoms with Crippen LogP contribution in [0, 0.1) is 23.3 Å². The number of halogens is 7. The topological polar surface area (TPSA) is 56.8 Å². The summed E-state index contributed by atoms with van der Waals surface area (Å²) in [4.78, 5) is 12.9. The highest BCUT2D eigenvalue weighted by atomic mass is 19.4. The van der Waals surface area contributed by atoms with Crippen molar-refractivity contribution in [2.45, 2.75) is 45.1 Å². The molecular formula is C21H19BF7NO4. The van der Waals surface area contributed by atoms with E-state index in [9.17, 15) is 35.5 Å². The van der Waals surface area contributed by atoms with Crippen LogP contribution in [-0.2, 0) is 15.5 Å². The SMILES string of the molecule is COc1ccc(B2OC(C)(C)C(C)(C)O2)c(C(=O)Nc2c(F)c(F)c(C(F)(F)F)c(F)c2F)c1. The van der Waals surface area contributed by atoms with E-state index in [0.29, 0.717) is 0 Å². The third-order valence-corrected chi connectivity index (χ3v) is 5.80. The summed E-state index contributed by atoms with van der Waals surface area (Å²) in [6, 6.07) is 3.95. The standard InChI is InChI=1S/C21H19BF7NO4/c1-19(2)20(3,4)34-22(33-19)11-7-6-9(32-5)8-10(11)18(31)30-17-15(25)13(23)12(21(27,28)29)14(24)16(17)26/h6-8H,1-5H3,(H,30,31). The van der Waals surface area contributed by atoms with Crippen LogP contribution in [0.2, 0.25) is 0 Å². The number of hydrogen-bond acceptors (Lipinski definition) is 4. The fourth-order valence-electron chi connectivity index (χ4n) is 3.21. The summed E-state index contributed by atoms with van der Waals surface area (Å²) >= 11 is 0. The number of carbonyl (C=O) groups excluding carboxylic acids is 1. The quantitative estimate of drug-likeness (QED) is 0.377. The van der Waals surface area contributed by atoms with Gasteiger partial charge < -0.3 is 19.4 Å². The van der Waals surface area contributed by atoms with Gasteiger partial charge in [-0.05, 0) is 45.3 Å². The van der Waals surface area contributed by atoms with Crippen LogP contribution in [0.5, 0.6) is 5.75 Å². The number of anilines is 1. The number of amides is 1. The van der Waals surface area contributed by atoms with Gasteiger partial charge in [-0.25, -0.2) is 17.6 Å². The van der Waals surface area contributed by atoms with Gasteiger partial charge in [0.25, 0.3) is 5.91 Å². The molecule has 0 atom stereocenters. The maximum atomic E-state index is 14.3. The molecule has 0 spiro atoms. The number of hydrogen-bond donors (Lipinski definition) is 1. The van der Waals surface area contributed by atoms with E-state index in [2.05, 4.69) is 0 Å². The zero-order chi connectivity index (χ0) is 25.8. The monoisotopic (exact) mass is 493 g/mol. The van der Waals surface area contributed by atoms with Gasteiger partial charge in [0.15, 0.2) is 23.3 Å². The fourth-order valence-corrected chi connectivity index (χ4v) is 3.21. The zero-order valence-electron chi connectivity index (χ0n) is 18.6. The van der Waals surface area contributed by atoms with Crippen LogP contribution >= 0.6 is 0 Å². The molecule has 34 heavy (non-hydrogen) atoms. The molecule has 0 radical (unpaired) electrons. The Balaban J connectivity index is 2.07. The van der Waals surface area contributed by atoms with Crippen molar-refractivity contribution in [1.29, 1.82) is 0 Å². The van der Waals surface area contributed by atoms with E-state index in [1.165, 1.54) is 19.2 Å². The van der Waals surface area contributed by atoms with E-state index in [4.69, 9.17) is 14.0 Å². The Hall–Kier alpha value is -2.80. The van der Waals surface area contributed by atoms with Gasteiger partial charge in [-0.1, -0.05) is 6.07 Å². The molecule has 1 fully saturated rings. The van der Waals surface area contributed by atoms with Crippen molar-refractivity contribution >= 4 is 24.2 Å². The maximum Gasteiger partial charge on any atom is 0.495 e. The van der Waals surface area contributed by atoms with Crippen LogP contribution in [0.25, 0.3) is 0 Å². The molecule has 0 bridgehead atoms. The molecule has 1 saturated heterocycles. The number of rotatable bonds is 4. The van der Waals surface area contributed by atoms with Gasteiger partial charge in [-0.2, -0.15) is 13.2 Å². The Labute approximate surface area is 190 Å². The first kappa shape index (κ1) is 25.8. The van der Waals surface area contributed by atoms with Crippen LogP contribution < -0.4 is 15.5 Å². The van der Waals surface area contributed by atoms with Crippen LogP contribution in [0.15, 0.2) is 18.2 Å². The lowest BCUT2D eigenvalue weighted by atomic mass is 9.75. The van der Waals surface area contributed by atoms with Crippen molar-refractivity contribution < 1.29 is 49.6 Å². The van der Waals surface area contributed by atoms with E-state index in [-0.39, 0.29) is 16.8 Å². The molecule has 1 aliphatic rings. The summed E-state index contributed by atoms with van der Waals surface area (Å²) in [5.41, 5.74) is -6.38. The molecule has 3 rings (SSSR count). The number of ether oxygens (including phenoxy) is 1. The van der Waals surface area contributed by atoms with Gasteiger partial charge in [0.1, 0.15) is 17.0 Å². The van der Waals surface area contributed by atoms with Crippen LogP contribution in [-0.4, -0.2) is 31.3 Å². The summed E-state index contributed by atoms with van der Waals surface area (Å²) in [7, 11) is 0.137. The van der Waals surface area contributed by atoms with Gasteiger partial charge >= 0.3 is 13.3 Å². The molecule has 2 aromatic rings.